The quantitative estimate of drug-likeness (QED) is 0.755. The summed E-state index contributed by atoms with van der Waals surface area (Å²) in [6.45, 7) is 1.84. The molecule has 0 unspecified atom stereocenters. The molecule has 130 valence electrons. The van der Waals surface area contributed by atoms with Crippen LogP contribution in [0.15, 0.2) is 69.8 Å². The molecule has 1 atom stereocenters. The Morgan fingerprint density at radius 1 is 1.12 bits per heavy atom. The Morgan fingerprint density at radius 2 is 1.85 bits per heavy atom. The van der Waals surface area contributed by atoms with E-state index in [2.05, 4.69) is 21.2 Å². The Balaban J connectivity index is 1.97. The molecule has 2 aromatic rings. The van der Waals surface area contributed by atoms with Crippen molar-refractivity contribution < 1.29 is 14.3 Å². The number of carbonyl (C=O) groups is 2. The van der Waals surface area contributed by atoms with Gasteiger partial charge < -0.3 is 10.1 Å². The Hall–Kier alpha value is -2.66. The fraction of sp³-hybridized carbons (Fsp3) is 0.143. The number of hydrogen-bond donors (Lipinski definition) is 1. The molecule has 1 aliphatic carbocycles. The van der Waals surface area contributed by atoms with Gasteiger partial charge in [0.05, 0.1) is 18.4 Å². The van der Waals surface area contributed by atoms with Crippen molar-refractivity contribution in [2.24, 2.45) is 0 Å². The van der Waals surface area contributed by atoms with Crippen LogP contribution < -0.4 is 5.32 Å². The van der Waals surface area contributed by atoms with Crippen LogP contribution in [-0.4, -0.2) is 18.9 Å². The molecule has 2 aliphatic rings. The highest BCUT2D eigenvalue weighted by Crippen LogP contribution is 2.46. The lowest BCUT2D eigenvalue weighted by Crippen LogP contribution is -2.29. The van der Waals surface area contributed by atoms with Crippen LogP contribution in [0.4, 0.5) is 0 Å². The number of carbonyl (C=O) groups excluding carboxylic acids is 2. The largest absolute Gasteiger partial charge is 0.466 e. The van der Waals surface area contributed by atoms with Crippen molar-refractivity contribution in [3.05, 3.63) is 86.5 Å². The maximum Gasteiger partial charge on any atom is 0.336 e. The number of allylic oxidation sites excluding steroid dienone is 2. The minimum absolute atomic E-state index is 0.0537. The highest BCUT2D eigenvalue weighted by Gasteiger charge is 2.42. The first-order valence-corrected chi connectivity index (χ1v) is 9.02. The number of fused-ring (bicyclic) bond motifs is 2. The Morgan fingerprint density at radius 3 is 2.54 bits per heavy atom. The summed E-state index contributed by atoms with van der Waals surface area (Å²) in [6.07, 6.45) is 0. The maximum absolute atomic E-state index is 13.2. The molecule has 26 heavy (non-hydrogen) atoms. The number of benzene rings is 2. The van der Waals surface area contributed by atoms with Crippen molar-refractivity contribution in [2.45, 2.75) is 12.8 Å². The van der Waals surface area contributed by atoms with E-state index in [1.165, 1.54) is 7.11 Å². The molecule has 4 rings (SSSR count). The van der Waals surface area contributed by atoms with E-state index in [-0.39, 0.29) is 5.78 Å². The van der Waals surface area contributed by atoms with Crippen molar-refractivity contribution in [2.75, 3.05) is 7.11 Å². The maximum atomic E-state index is 13.2. The Bertz CT molecular complexity index is 1020. The van der Waals surface area contributed by atoms with Gasteiger partial charge in [0, 0.05) is 32.8 Å². The van der Waals surface area contributed by atoms with Crippen molar-refractivity contribution in [1.29, 1.82) is 0 Å². The smallest absolute Gasteiger partial charge is 0.336 e. The molecule has 4 nitrogen and oxygen atoms in total. The fourth-order valence-electron chi connectivity index (χ4n) is 3.73. The van der Waals surface area contributed by atoms with E-state index in [1.807, 2.05) is 55.5 Å². The Labute approximate surface area is 159 Å². The molecule has 0 amide bonds. The summed E-state index contributed by atoms with van der Waals surface area (Å²) in [7, 11) is 1.36. The average Bonchev–Trinajstić information content (AvgIpc) is 2.92. The summed E-state index contributed by atoms with van der Waals surface area (Å²) in [6, 6.07) is 15.2. The number of ether oxygens (including phenoxy) is 1. The molecule has 5 heteroatoms. The molecule has 0 saturated heterocycles. The molecule has 0 saturated carbocycles. The van der Waals surface area contributed by atoms with E-state index in [4.69, 9.17) is 4.74 Å². The minimum atomic E-state index is -0.476. The van der Waals surface area contributed by atoms with Gasteiger partial charge in [-0.1, -0.05) is 52.3 Å². The molecule has 0 radical (unpaired) electrons. The minimum Gasteiger partial charge on any atom is -0.466 e. The number of methoxy groups -OCH3 is 1. The van der Waals surface area contributed by atoms with Crippen LogP contribution in [0.3, 0.4) is 0 Å². The predicted molar refractivity (Wildman–Crippen MR) is 102 cm³/mol. The van der Waals surface area contributed by atoms with Crippen LogP contribution in [0.1, 0.15) is 34.3 Å². The number of rotatable bonds is 2. The monoisotopic (exact) mass is 409 g/mol. The van der Waals surface area contributed by atoms with E-state index in [0.717, 1.165) is 21.3 Å². The summed E-state index contributed by atoms with van der Waals surface area (Å²) < 4.78 is 5.91. The van der Waals surface area contributed by atoms with Gasteiger partial charge in [0.1, 0.15) is 0 Å². The third kappa shape index (κ3) is 2.42. The van der Waals surface area contributed by atoms with E-state index in [1.54, 1.807) is 0 Å². The highest BCUT2D eigenvalue weighted by atomic mass is 79.9. The van der Waals surface area contributed by atoms with E-state index in [9.17, 15) is 9.59 Å². The molecule has 2 aromatic carbocycles. The lowest BCUT2D eigenvalue weighted by molar-refractivity contribution is -0.136. The first-order valence-electron chi connectivity index (χ1n) is 8.22. The number of esters is 1. The lowest BCUT2D eigenvalue weighted by atomic mass is 9.80. The zero-order valence-electron chi connectivity index (χ0n) is 14.3. The van der Waals surface area contributed by atoms with Crippen LogP contribution in [0.5, 0.6) is 0 Å². The standard InChI is InChI=1S/C21H16BrNO3/c1-11-16(21(25)26-2)17(12-6-5-7-13(22)10-12)18-19(23-11)14-8-3-4-9-15(14)20(18)24/h3-10,17,23H,1-2H3/t17-/m1/s1. The lowest BCUT2D eigenvalue weighted by Gasteiger charge is -2.29. The number of nitrogens with one attached hydrogen (secondary N) is 1. The van der Waals surface area contributed by atoms with Gasteiger partial charge in [-0.05, 0) is 24.6 Å². The molecule has 1 N–H and O–H groups in total. The van der Waals surface area contributed by atoms with Gasteiger partial charge >= 0.3 is 5.97 Å². The molecular weight excluding hydrogens is 394 g/mol. The van der Waals surface area contributed by atoms with Crippen molar-refractivity contribution >= 4 is 33.4 Å². The van der Waals surface area contributed by atoms with Gasteiger partial charge in [-0.2, -0.15) is 0 Å². The molecular formula is C21H16BrNO3. The first kappa shape index (κ1) is 16.8. The molecule has 1 heterocycles. The molecule has 1 aliphatic heterocycles. The van der Waals surface area contributed by atoms with Crippen molar-refractivity contribution in [1.82, 2.24) is 5.32 Å². The molecule has 0 fully saturated rings. The first-order chi connectivity index (χ1) is 12.5. The normalized spacial score (nSPS) is 18.4. The second kappa shape index (κ2) is 6.25. The number of Topliss-reactive ketones (excluding diaryl/α,β-unsaturated/α-hetero) is 1. The number of halogens is 1. The summed E-state index contributed by atoms with van der Waals surface area (Å²) in [5, 5.41) is 3.27. The van der Waals surface area contributed by atoms with Crippen LogP contribution in [0, 0.1) is 0 Å². The molecule has 0 spiro atoms. The number of hydrogen-bond acceptors (Lipinski definition) is 4. The van der Waals surface area contributed by atoms with Gasteiger partial charge in [0.25, 0.3) is 0 Å². The topological polar surface area (TPSA) is 55.4 Å². The van der Waals surface area contributed by atoms with E-state index in [0.29, 0.717) is 22.4 Å². The Kier molecular flexibility index (Phi) is 4.04. The molecule has 0 bridgehead atoms. The zero-order valence-corrected chi connectivity index (χ0v) is 15.9. The SMILES string of the molecule is COC(=O)C1=C(C)NC2=C(C(=O)c3ccccc32)[C@@H]1c1cccc(Br)c1. The second-order valence-electron chi connectivity index (χ2n) is 6.31. The van der Waals surface area contributed by atoms with Crippen LogP contribution in [0.25, 0.3) is 5.70 Å². The van der Waals surface area contributed by atoms with Gasteiger partial charge in [-0.25, -0.2) is 4.79 Å². The highest BCUT2D eigenvalue weighted by molar-refractivity contribution is 9.10. The number of dihydropyridines is 1. The van der Waals surface area contributed by atoms with Crippen LogP contribution >= 0.6 is 15.9 Å². The second-order valence-corrected chi connectivity index (χ2v) is 7.22. The van der Waals surface area contributed by atoms with Crippen molar-refractivity contribution in [3.8, 4) is 0 Å². The van der Waals surface area contributed by atoms with Gasteiger partial charge in [-0.3, -0.25) is 4.79 Å². The van der Waals surface area contributed by atoms with Gasteiger partial charge in [0.15, 0.2) is 5.78 Å². The van der Waals surface area contributed by atoms with Crippen molar-refractivity contribution in [3.63, 3.8) is 0 Å². The van der Waals surface area contributed by atoms with Gasteiger partial charge in [0.2, 0.25) is 0 Å². The van der Waals surface area contributed by atoms with Crippen LogP contribution in [-0.2, 0) is 9.53 Å². The fourth-order valence-corrected chi connectivity index (χ4v) is 4.15. The third-order valence-electron chi connectivity index (χ3n) is 4.84. The average molecular weight is 410 g/mol. The molecule has 0 aromatic heterocycles. The summed E-state index contributed by atoms with van der Waals surface area (Å²) in [4.78, 5) is 25.7. The third-order valence-corrected chi connectivity index (χ3v) is 5.33. The number of ketones is 1. The van der Waals surface area contributed by atoms with E-state index < -0.39 is 11.9 Å². The predicted octanol–water partition coefficient (Wildman–Crippen LogP) is 4.19. The summed E-state index contributed by atoms with van der Waals surface area (Å²) >= 11 is 3.49. The van der Waals surface area contributed by atoms with Gasteiger partial charge in [-0.15, -0.1) is 0 Å². The van der Waals surface area contributed by atoms with E-state index >= 15 is 0 Å². The summed E-state index contributed by atoms with van der Waals surface area (Å²) in [5.41, 5.74) is 4.93. The summed E-state index contributed by atoms with van der Waals surface area (Å²) in [5.74, 6) is -0.964. The zero-order chi connectivity index (χ0) is 18.4. The van der Waals surface area contributed by atoms with Crippen LogP contribution in [0.2, 0.25) is 0 Å².